The molecule has 0 radical (unpaired) electrons. The van der Waals surface area contributed by atoms with Crippen LogP contribution in [0.15, 0.2) is 18.2 Å². The summed E-state index contributed by atoms with van der Waals surface area (Å²) in [6, 6.07) is 4.87. The molecule has 3 nitrogen and oxygen atoms in total. The maximum absolute atomic E-state index is 11.6. The van der Waals surface area contributed by atoms with E-state index in [-0.39, 0.29) is 18.1 Å². The van der Waals surface area contributed by atoms with E-state index in [4.69, 9.17) is 23.2 Å². The van der Waals surface area contributed by atoms with Crippen LogP contribution < -0.4 is 4.90 Å². The van der Waals surface area contributed by atoms with E-state index in [1.807, 2.05) is 0 Å². The lowest BCUT2D eigenvalue weighted by molar-refractivity contribution is -0.125. The molecule has 0 unspecified atom stereocenters. The van der Waals surface area contributed by atoms with Gasteiger partial charge in [0.05, 0.1) is 16.5 Å². The zero-order valence-corrected chi connectivity index (χ0v) is 10.5. The molecule has 1 aromatic rings. The molecule has 0 aliphatic rings. The van der Waals surface area contributed by atoms with Gasteiger partial charge in [0.2, 0.25) is 5.91 Å². The van der Waals surface area contributed by atoms with Crippen molar-refractivity contribution in [2.24, 2.45) is 0 Å². The van der Waals surface area contributed by atoms with Gasteiger partial charge in [0.15, 0.2) is 0 Å². The number of Topliss-reactive ketones (excluding diaryl/α,β-unsaturated/α-hetero) is 1. The van der Waals surface area contributed by atoms with Crippen molar-refractivity contribution in [3.05, 3.63) is 28.2 Å². The molecule has 0 atom stereocenters. The molecule has 0 spiro atoms. The van der Waals surface area contributed by atoms with E-state index in [2.05, 4.69) is 0 Å². The van der Waals surface area contributed by atoms with Gasteiger partial charge in [-0.05, 0) is 25.1 Å². The lowest BCUT2D eigenvalue weighted by Crippen LogP contribution is -2.27. The van der Waals surface area contributed by atoms with Crippen LogP contribution in [0.2, 0.25) is 10.0 Å². The highest BCUT2D eigenvalue weighted by Gasteiger charge is 2.13. The summed E-state index contributed by atoms with van der Waals surface area (Å²) in [5.74, 6) is -0.442. The van der Waals surface area contributed by atoms with Gasteiger partial charge >= 0.3 is 0 Å². The van der Waals surface area contributed by atoms with Gasteiger partial charge in [-0.25, -0.2) is 0 Å². The average molecular weight is 260 g/mol. The van der Waals surface area contributed by atoms with Gasteiger partial charge in [-0.3, -0.25) is 9.59 Å². The van der Waals surface area contributed by atoms with Crippen molar-refractivity contribution < 1.29 is 9.59 Å². The number of anilines is 1. The molecule has 0 heterocycles. The maximum atomic E-state index is 11.6. The highest BCUT2D eigenvalue weighted by Crippen LogP contribution is 2.26. The fraction of sp³-hybridized carbons (Fsp3) is 0.273. The molecule has 0 bridgehead atoms. The molecule has 0 fully saturated rings. The molecule has 0 aliphatic carbocycles. The molecule has 5 heteroatoms. The topological polar surface area (TPSA) is 37.4 Å². The SMILES string of the molecule is CC(=O)CC(=O)N(C)c1ccc(Cl)c(Cl)c1. The standard InChI is InChI=1S/C11H11Cl2NO2/c1-7(15)5-11(16)14(2)8-3-4-9(12)10(13)6-8/h3-4,6H,5H2,1-2H3. The predicted octanol–water partition coefficient (Wildman–Crippen LogP) is 2.94. The Morgan fingerprint density at radius 1 is 1.25 bits per heavy atom. The number of amides is 1. The van der Waals surface area contributed by atoms with Crippen LogP contribution in [0, 0.1) is 0 Å². The Bertz CT molecular complexity index is 432. The molecule has 0 saturated carbocycles. The lowest BCUT2D eigenvalue weighted by Gasteiger charge is -2.17. The average Bonchev–Trinajstić information content (AvgIpc) is 2.20. The maximum Gasteiger partial charge on any atom is 0.234 e. The Balaban J connectivity index is 2.87. The molecule has 1 amide bonds. The van der Waals surface area contributed by atoms with E-state index in [0.717, 1.165) is 0 Å². The van der Waals surface area contributed by atoms with Crippen molar-refractivity contribution >= 4 is 40.6 Å². The summed E-state index contributed by atoms with van der Waals surface area (Å²) >= 11 is 11.6. The number of nitrogens with zero attached hydrogens (tertiary/aromatic N) is 1. The van der Waals surface area contributed by atoms with Crippen LogP contribution in [0.1, 0.15) is 13.3 Å². The van der Waals surface area contributed by atoms with Gasteiger partial charge in [0, 0.05) is 12.7 Å². The molecular formula is C11H11Cl2NO2. The Morgan fingerprint density at radius 2 is 1.88 bits per heavy atom. The summed E-state index contributed by atoms with van der Waals surface area (Å²) in [4.78, 5) is 23.8. The monoisotopic (exact) mass is 259 g/mol. The van der Waals surface area contributed by atoms with E-state index < -0.39 is 0 Å². The quantitative estimate of drug-likeness (QED) is 0.783. The summed E-state index contributed by atoms with van der Waals surface area (Å²) in [6.07, 6.45) is -0.114. The minimum Gasteiger partial charge on any atom is -0.315 e. The van der Waals surface area contributed by atoms with Crippen LogP contribution in [0.3, 0.4) is 0 Å². The van der Waals surface area contributed by atoms with Crippen molar-refractivity contribution in [1.29, 1.82) is 0 Å². The van der Waals surface area contributed by atoms with Crippen LogP contribution in [0.4, 0.5) is 5.69 Å². The van der Waals surface area contributed by atoms with E-state index in [1.165, 1.54) is 11.8 Å². The predicted molar refractivity (Wildman–Crippen MR) is 65.2 cm³/mol. The molecule has 1 rings (SSSR count). The summed E-state index contributed by atoms with van der Waals surface area (Å²) in [5, 5.41) is 0.805. The van der Waals surface area contributed by atoms with E-state index in [1.54, 1.807) is 25.2 Å². The van der Waals surface area contributed by atoms with Crippen molar-refractivity contribution in [2.45, 2.75) is 13.3 Å². The summed E-state index contributed by atoms with van der Waals surface area (Å²) in [7, 11) is 1.59. The summed E-state index contributed by atoms with van der Waals surface area (Å²) < 4.78 is 0. The second-order valence-electron chi connectivity index (χ2n) is 3.43. The van der Waals surface area contributed by atoms with Crippen LogP contribution in [-0.4, -0.2) is 18.7 Å². The van der Waals surface area contributed by atoms with Crippen molar-refractivity contribution in [3.8, 4) is 0 Å². The molecular weight excluding hydrogens is 249 g/mol. The summed E-state index contributed by atoms with van der Waals surface area (Å²) in [6.45, 7) is 1.38. The molecule has 0 aromatic heterocycles. The summed E-state index contributed by atoms with van der Waals surface area (Å²) in [5.41, 5.74) is 0.612. The number of hydrogen-bond donors (Lipinski definition) is 0. The number of ketones is 1. The second kappa shape index (κ2) is 5.32. The van der Waals surface area contributed by atoms with Gasteiger partial charge in [-0.1, -0.05) is 23.2 Å². The van der Waals surface area contributed by atoms with E-state index >= 15 is 0 Å². The van der Waals surface area contributed by atoms with Crippen LogP contribution in [-0.2, 0) is 9.59 Å². The molecule has 16 heavy (non-hydrogen) atoms. The third kappa shape index (κ3) is 3.22. The van der Waals surface area contributed by atoms with Gasteiger partial charge in [-0.15, -0.1) is 0 Å². The van der Waals surface area contributed by atoms with Crippen molar-refractivity contribution in [2.75, 3.05) is 11.9 Å². The normalized spacial score (nSPS) is 10.0. The molecule has 0 N–H and O–H groups in total. The first kappa shape index (κ1) is 13.0. The Labute approximate surface area is 104 Å². The first-order chi connectivity index (χ1) is 7.41. The zero-order valence-electron chi connectivity index (χ0n) is 8.96. The van der Waals surface area contributed by atoms with Crippen LogP contribution >= 0.6 is 23.2 Å². The Hall–Kier alpha value is -1.06. The van der Waals surface area contributed by atoms with Crippen LogP contribution in [0.25, 0.3) is 0 Å². The highest BCUT2D eigenvalue weighted by atomic mass is 35.5. The molecule has 1 aromatic carbocycles. The van der Waals surface area contributed by atoms with E-state index in [0.29, 0.717) is 15.7 Å². The minimum absolute atomic E-state index is 0.114. The first-order valence-electron chi connectivity index (χ1n) is 4.63. The van der Waals surface area contributed by atoms with Crippen molar-refractivity contribution in [3.63, 3.8) is 0 Å². The number of hydrogen-bond acceptors (Lipinski definition) is 2. The van der Waals surface area contributed by atoms with Crippen LogP contribution in [0.5, 0.6) is 0 Å². The molecule has 0 aliphatic heterocycles. The zero-order chi connectivity index (χ0) is 12.3. The number of halogens is 2. The highest BCUT2D eigenvalue weighted by molar-refractivity contribution is 6.42. The Kier molecular flexibility index (Phi) is 4.33. The van der Waals surface area contributed by atoms with Crippen molar-refractivity contribution in [1.82, 2.24) is 0 Å². The number of rotatable bonds is 3. The first-order valence-corrected chi connectivity index (χ1v) is 5.38. The fourth-order valence-electron chi connectivity index (χ4n) is 1.17. The van der Waals surface area contributed by atoms with Gasteiger partial charge in [0.25, 0.3) is 0 Å². The lowest BCUT2D eigenvalue weighted by atomic mass is 10.2. The second-order valence-corrected chi connectivity index (χ2v) is 4.24. The third-order valence-electron chi connectivity index (χ3n) is 2.06. The van der Waals surface area contributed by atoms with Gasteiger partial charge in [-0.2, -0.15) is 0 Å². The fourth-order valence-corrected chi connectivity index (χ4v) is 1.46. The van der Waals surface area contributed by atoms with Gasteiger partial charge < -0.3 is 4.90 Å². The smallest absolute Gasteiger partial charge is 0.234 e. The largest absolute Gasteiger partial charge is 0.315 e. The number of carbonyl (C=O) groups excluding carboxylic acids is 2. The number of benzene rings is 1. The third-order valence-corrected chi connectivity index (χ3v) is 2.80. The molecule has 86 valence electrons. The Morgan fingerprint density at radius 3 is 2.38 bits per heavy atom. The van der Waals surface area contributed by atoms with Gasteiger partial charge in [0.1, 0.15) is 5.78 Å². The number of carbonyl (C=O) groups is 2. The van der Waals surface area contributed by atoms with E-state index in [9.17, 15) is 9.59 Å². The minimum atomic E-state index is -0.272. The molecule has 0 saturated heterocycles.